The van der Waals surface area contributed by atoms with Gasteiger partial charge in [0.25, 0.3) is 0 Å². The fourth-order valence-corrected chi connectivity index (χ4v) is 1.20. The van der Waals surface area contributed by atoms with Gasteiger partial charge < -0.3 is 11.1 Å². The van der Waals surface area contributed by atoms with Crippen LogP contribution in [0.5, 0.6) is 0 Å². The predicted octanol–water partition coefficient (Wildman–Crippen LogP) is 2.01. The van der Waals surface area contributed by atoms with Gasteiger partial charge in [-0.05, 0) is 30.7 Å². The minimum absolute atomic E-state index is 0.0542. The molecule has 0 heterocycles. The van der Waals surface area contributed by atoms with Crippen LogP contribution in [0.4, 0.5) is 5.69 Å². The fraction of sp³-hybridized carbons (Fsp3) is 0.250. The smallest absolute Gasteiger partial charge is 0.221 e. The van der Waals surface area contributed by atoms with E-state index in [0.717, 1.165) is 17.7 Å². The molecule has 0 saturated heterocycles. The summed E-state index contributed by atoms with van der Waals surface area (Å²) in [5.41, 5.74) is 7.30. The van der Waals surface area contributed by atoms with Crippen molar-refractivity contribution in [2.24, 2.45) is 5.73 Å². The molecule has 0 aliphatic carbocycles. The van der Waals surface area contributed by atoms with Crippen LogP contribution in [0.25, 0.3) is 6.08 Å². The molecule has 1 aromatic carbocycles. The van der Waals surface area contributed by atoms with E-state index in [1.807, 2.05) is 36.4 Å². The van der Waals surface area contributed by atoms with E-state index < -0.39 is 0 Å². The van der Waals surface area contributed by atoms with E-state index in [1.54, 1.807) is 0 Å². The lowest BCUT2D eigenvalue weighted by Gasteiger charge is -2.01. The van der Waals surface area contributed by atoms with Crippen molar-refractivity contribution >= 4 is 17.7 Å². The summed E-state index contributed by atoms with van der Waals surface area (Å²) in [6.45, 7) is 2.16. The first-order valence-electron chi connectivity index (χ1n) is 4.96. The third-order valence-corrected chi connectivity index (χ3v) is 1.87. The maximum Gasteiger partial charge on any atom is 0.221 e. The van der Waals surface area contributed by atoms with Crippen LogP contribution < -0.4 is 11.1 Å². The largest absolute Gasteiger partial charge is 0.330 e. The van der Waals surface area contributed by atoms with E-state index in [-0.39, 0.29) is 5.91 Å². The molecule has 1 aromatic rings. The van der Waals surface area contributed by atoms with Crippen LogP contribution in [0.2, 0.25) is 0 Å². The van der Waals surface area contributed by atoms with Crippen LogP contribution in [-0.2, 0) is 4.79 Å². The van der Waals surface area contributed by atoms with Crippen LogP contribution in [0.3, 0.4) is 0 Å². The standard InChI is InChI=1S/C12H16N2O/c1-10(15)14-12-7-5-11(6-8-12)4-2-3-9-13/h2,4-8H,3,9,13H2,1H3,(H,14,15). The molecule has 0 bridgehead atoms. The van der Waals surface area contributed by atoms with Gasteiger partial charge in [-0.2, -0.15) is 0 Å². The third-order valence-electron chi connectivity index (χ3n) is 1.87. The number of carbonyl (C=O) groups is 1. The minimum atomic E-state index is -0.0542. The zero-order chi connectivity index (χ0) is 11.1. The van der Waals surface area contributed by atoms with Crippen molar-refractivity contribution in [3.05, 3.63) is 35.9 Å². The Bertz CT molecular complexity index is 341. The number of hydrogen-bond acceptors (Lipinski definition) is 2. The first kappa shape index (κ1) is 11.5. The Morgan fingerprint density at radius 1 is 1.40 bits per heavy atom. The minimum Gasteiger partial charge on any atom is -0.330 e. The Balaban J connectivity index is 2.60. The highest BCUT2D eigenvalue weighted by molar-refractivity contribution is 5.88. The summed E-state index contributed by atoms with van der Waals surface area (Å²) in [4.78, 5) is 10.8. The molecule has 0 unspecified atom stereocenters. The summed E-state index contributed by atoms with van der Waals surface area (Å²) in [5, 5.41) is 2.72. The lowest BCUT2D eigenvalue weighted by Crippen LogP contribution is -2.05. The summed E-state index contributed by atoms with van der Waals surface area (Å²) in [6.07, 6.45) is 4.94. The lowest BCUT2D eigenvalue weighted by molar-refractivity contribution is -0.114. The van der Waals surface area contributed by atoms with Crippen LogP contribution in [0.15, 0.2) is 30.3 Å². The number of rotatable bonds is 4. The van der Waals surface area contributed by atoms with Gasteiger partial charge in [-0.25, -0.2) is 0 Å². The number of amides is 1. The molecule has 0 aliphatic heterocycles. The Kier molecular flexibility index (Phi) is 4.57. The summed E-state index contributed by atoms with van der Waals surface area (Å²) in [5.74, 6) is -0.0542. The number of nitrogens with two attached hydrogens (primary N) is 1. The van der Waals surface area contributed by atoms with E-state index in [4.69, 9.17) is 5.73 Å². The maximum absolute atomic E-state index is 10.8. The van der Waals surface area contributed by atoms with Gasteiger partial charge in [0.1, 0.15) is 0 Å². The van der Waals surface area contributed by atoms with E-state index in [9.17, 15) is 4.79 Å². The van der Waals surface area contributed by atoms with E-state index in [2.05, 4.69) is 5.32 Å². The molecule has 3 nitrogen and oxygen atoms in total. The molecule has 1 rings (SSSR count). The second kappa shape index (κ2) is 5.98. The highest BCUT2D eigenvalue weighted by Crippen LogP contribution is 2.10. The van der Waals surface area contributed by atoms with E-state index in [1.165, 1.54) is 6.92 Å². The normalized spacial score (nSPS) is 10.5. The number of hydrogen-bond donors (Lipinski definition) is 2. The summed E-state index contributed by atoms with van der Waals surface area (Å²) in [7, 11) is 0. The van der Waals surface area contributed by atoms with Crippen molar-refractivity contribution in [1.82, 2.24) is 0 Å². The highest BCUT2D eigenvalue weighted by Gasteiger charge is 1.93. The molecule has 0 spiro atoms. The number of carbonyl (C=O) groups excluding carboxylic acids is 1. The van der Waals surface area contributed by atoms with Crippen molar-refractivity contribution in [3.8, 4) is 0 Å². The molecule has 3 N–H and O–H groups in total. The molecule has 15 heavy (non-hydrogen) atoms. The maximum atomic E-state index is 10.8. The van der Waals surface area contributed by atoms with Crippen LogP contribution in [-0.4, -0.2) is 12.5 Å². The number of benzene rings is 1. The first-order valence-corrected chi connectivity index (χ1v) is 4.96. The van der Waals surface area contributed by atoms with Crippen molar-refractivity contribution in [2.75, 3.05) is 11.9 Å². The second-order valence-corrected chi connectivity index (χ2v) is 3.28. The Labute approximate surface area is 90.0 Å². The molecule has 0 saturated carbocycles. The average molecular weight is 204 g/mol. The van der Waals surface area contributed by atoms with E-state index in [0.29, 0.717) is 6.54 Å². The molecule has 0 radical (unpaired) electrons. The SMILES string of the molecule is CC(=O)Nc1ccc(C=CCCN)cc1. The van der Waals surface area contributed by atoms with Gasteiger partial charge in [0, 0.05) is 12.6 Å². The zero-order valence-electron chi connectivity index (χ0n) is 8.86. The number of anilines is 1. The van der Waals surface area contributed by atoms with Crippen molar-refractivity contribution in [1.29, 1.82) is 0 Å². The van der Waals surface area contributed by atoms with Crippen LogP contribution in [0.1, 0.15) is 18.9 Å². The predicted molar refractivity (Wildman–Crippen MR) is 63.5 cm³/mol. The van der Waals surface area contributed by atoms with Crippen molar-refractivity contribution in [2.45, 2.75) is 13.3 Å². The molecule has 3 heteroatoms. The van der Waals surface area contributed by atoms with Crippen molar-refractivity contribution in [3.63, 3.8) is 0 Å². The summed E-state index contributed by atoms with van der Waals surface area (Å²) >= 11 is 0. The fourth-order valence-electron chi connectivity index (χ4n) is 1.20. The molecule has 0 fully saturated rings. The van der Waals surface area contributed by atoms with Crippen LogP contribution in [0, 0.1) is 0 Å². The topological polar surface area (TPSA) is 55.1 Å². The van der Waals surface area contributed by atoms with Gasteiger partial charge >= 0.3 is 0 Å². The lowest BCUT2D eigenvalue weighted by atomic mass is 10.2. The van der Waals surface area contributed by atoms with Gasteiger partial charge in [0.2, 0.25) is 5.91 Å². The van der Waals surface area contributed by atoms with Gasteiger partial charge in [0.05, 0.1) is 0 Å². The molecule has 80 valence electrons. The Morgan fingerprint density at radius 2 is 2.07 bits per heavy atom. The average Bonchev–Trinajstić information content (AvgIpc) is 2.20. The quantitative estimate of drug-likeness (QED) is 0.788. The van der Waals surface area contributed by atoms with Crippen molar-refractivity contribution < 1.29 is 4.79 Å². The molecule has 0 aliphatic rings. The van der Waals surface area contributed by atoms with Gasteiger partial charge in [-0.15, -0.1) is 0 Å². The van der Waals surface area contributed by atoms with Gasteiger partial charge in [-0.3, -0.25) is 4.79 Å². The molecule has 0 aromatic heterocycles. The third kappa shape index (κ3) is 4.42. The monoisotopic (exact) mass is 204 g/mol. The Morgan fingerprint density at radius 3 is 2.60 bits per heavy atom. The van der Waals surface area contributed by atoms with E-state index >= 15 is 0 Å². The Hall–Kier alpha value is -1.61. The number of nitrogens with one attached hydrogen (secondary N) is 1. The highest BCUT2D eigenvalue weighted by atomic mass is 16.1. The van der Waals surface area contributed by atoms with Gasteiger partial charge in [-0.1, -0.05) is 24.3 Å². The summed E-state index contributed by atoms with van der Waals surface area (Å²) in [6, 6.07) is 7.67. The zero-order valence-corrected chi connectivity index (χ0v) is 8.86. The second-order valence-electron chi connectivity index (χ2n) is 3.28. The van der Waals surface area contributed by atoms with Gasteiger partial charge in [0.15, 0.2) is 0 Å². The summed E-state index contributed by atoms with van der Waals surface area (Å²) < 4.78 is 0. The molecular weight excluding hydrogens is 188 g/mol. The molecular formula is C12H16N2O. The molecule has 1 amide bonds. The van der Waals surface area contributed by atoms with Crippen LogP contribution >= 0.6 is 0 Å². The molecule has 0 atom stereocenters. The first-order chi connectivity index (χ1) is 7.22.